The van der Waals surface area contributed by atoms with Crippen LogP contribution in [0.3, 0.4) is 0 Å². The summed E-state index contributed by atoms with van der Waals surface area (Å²) in [6.07, 6.45) is 0. The van der Waals surface area contributed by atoms with Gasteiger partial charge in [0.05, 0.1) is 12.1 Å². The van der Waals surface area contributed by atoms with E-state index in [2.05, 4.69) is 24.5 Å². The summed E-state index contributed by atoms with van der Waals surface area (Å²) in [6.45, 7) is 8.72. The highest BCUT2D eigenvalue weighted by Crippen LogP contribution is 2.16. The molecule has 0 bridgehead atoms. The molecule has 0 saturated heterocycles. The predicted octanol–water partition coefficient (Wildman–Crippen LogP) is 2.59. The van der Waals surface area contributed by atoms with E-state index in [-0.39, 0.29) is 18.6 Å². The summed E-state index contributed by atoms with van der Waals surface area (Å²) in [5.41, 5.74) is 1.02. The van der Waals surface area contributed by atoms with E-state index in [1.54, 1.807) is 20.9 Å². The highest BCUT2D eigenvalue weighted by molar-refractivity contribution is 5.89. The Labute approximate surface area is 127 Å². The zero-order valence-electron chi connectivity index (χ0n) is 13.6. The molecule has 0 aliphatic rings. The zero-order valence-corrected chi connectivity index (χ0v) is 13.6. The Hall–Kier alpha value is -1.59. The van der Waals surface area contributed by atoms with Crippen LogP contribution in [-0.2, 0) is 0 Å². The lowest BCUT2D eigenvalue weighted by Crippen LogP contribution is -2.41. The fourth-order valence-corrected chi connectivity index (χ4v) is 2.15. The Bertz CT molecular complexity index is 452. The molecule has 0 radical (unpaired) electrons. The normalized spacial score (nSPS) is 12.9. The monoisotopic (exact) mass is 293 g/mol. The fourth-order valence-electron chi connectivity index (χ4n) is 2.15. The molecule has 5 nitrogen and oxygen atoms in total. The molecule has 1 aromatic carbocycles. The van der Waals surface area contributed by atoms with Crippen molar-refractivity contribution in [1.82, 2.24) is 10.2 Å². The van der Waals surface area contributed by atoms with Gasteiger partial charge in [-0.15, -0.1) is 0 Å². The number of benzene rings is 1. The zero-order chi connectivity index (χ0) is 16.0. The Kier molecular flexibility index (Phi) is 6.18. The van der Waals surface area contributed by atoms with E-state index in [9.17, 15) is 9.90 Å². The minimum absolute atomic E-state index is 0.232. The summed E-state index contributed by atoms with van der Waals surface area (Å²) < 4.78 is 0. The average molecular weight is 293 g/mol. The fraction of sp³-hybridized carbons (Fsp3) is 0.562. The van der Waals surface area contributed by atoms with E-state index < -0.39 is 5.60 Å². The summed E-state index contributed by atoms with van der Waals surface area (Å²) in [5, 5.41) is 15.9. The van der Waals surface area contributed by atoms with Gasteiger partial charge in [0.2, 0.25) is 0 Å². The van der Waals surface area contributed by atoms with Crippen LogP contribution >= 0.6 is 0 Å². The molecule has 0 spiro atoms. The van der Waals surface area contributed by atoms with Crippen molar-refractivity contribution in [2.45, 2.75) is 39.3 Å². The number of rotatable bonds is 6. The van der Waals surface area contributed by atoms with Gasteiger partial charge < -0.3 is 20.6 Å². The van der Waals surface area contributed by atoms with Gasteiger partial charge in [-0.2, -0.15) is 0 Å². The van der Waals surface area contributed by atoms with Gasteiger partial charge in [0.25, 0.3) is 0 Å². The van der Waals surface area contributed by atoms with Crippen molar-refractivity contribution < 1.29 is 9.90 Å². The summed E-state index contributed by atoms with van der Waals surface area (Å²) in [6, 6.07) is 7.83. The molecule has 1 unspecified atom stereocenters. The number of hydrogen-bond acceptors (Lipinski definition) is 3. The Morgan fingerprint density at radius 2 is 1.90 bits per heavy atom. The van der Waals surface area contributed by atoms with Crippen LogP contribution in [0, 0.1) is 0 Å². The van der Waals surface area contributed by atoms with Crippen LogP contribution in [-0.4, -0.2) is 41.8 Å². The lowest BCUT2D eigenvalue weighted by atomic mass is 10.1. The van der Waals surface area contributed by atoms with Crippen LogP contribution in [0.2, 0.25) is 0 Å². The third-order valence-electron chi connectivity index (χ3n) is 3.14. The van der Waals surface area contributed by atoms with Crippen LogP contribution < -0.4 is 10.6 Å². The van der Waals surface area contributed by atoms with Gasteiger partial charge in [-0.25, -0.2) is 4.79 Å². The molecule has 0 fully saturated rings. The van der Waals surface area contributed by atoms with E-state index >= 15 is 0 Å². The highest BCUT2D eigenvalue weighted by Gasteiger charge is 2.19. The first-order chi connectivity index (χ1) is 9.73. The van der Waals surface area contributed by atoms with Crippen LogP contribution in [0.15, 0.2) is 24.3 Å². The van der Waals surface area contributed by atoms with Gasteiger partial charge >= 0.3 is 6.03 Å². The maximum atomic E-state index is 12.0. The van der Waals surface area contributed by atoms with Crippen molar-refractivity contribution in [3.8, 4) is 0 Å². The maximum absolute atomic E-state index is 12.0. The second kappa shape index (κ2) is 7.43. The molecular weight excluding hydrogens is 266 g/mol. The number of nitrogens with one attached hydrogen (secondary N) is 2. The molecule has 3 N–H and O–H groups in total. The summed E-state index contributed by atoms with van der Waals surface area (Å²) >= 11 is 0. The van der Waals surface area contributed by atoms with Gasteiger partial charge in [0, 0.05) is 18.8 Å². The van der Waals surface area contributed by atoms with Crippen LogP contribution in [0.1, 0.15) is 39.3 Å². The Morgan fingerprint density at radius 3 is 2.38 bits per heavy atom. The van der Waals surface area contributed by atoms with Crippen LogP contribution in [0.4, 0.5) is 10.5 Å². The molecule has 0 heterocycles. The molecular formula is C16H27N3O2. The molecule has 21 heavy (non-hydrogen) atoms. The SMILES string of the molecule is CCNC(C)c1ccc(NC(=O)N(C)CC(C)(C)O)cc1. The van der Waals surface area contributed by atoms with Crippen molar-refractivity contribution in [3.05, 3.63) is 29.8 Å². The first-order valence-electron chi connectivity index (χ1n) is 7.31. The summed E-state index contributed by atoms with van der Waals surface area (Å²) in [7, 11) is 1.66. The van der Waals surface area contributed by atoms with Crippen molar-refractivity contribution in [2.75, 3.05) is 25.5 Å². The number of amides is 2. The van der Waals surface area contributed by atoms with Crippen LogP contribution in [0.5, 0.6) is 0 Å². The molecule has 0 aromatic heterocycles. The van der Waals surface area contributed by atoms with E-state index in [4.69, 9.17) is 0 Å². The topological polar surface area (TPSA) is 64.6 Å². The summed E-state index contributed by atoms with van der Waals surface area (Å²) in [5.74, 6) is 0. The average Bonchev–Trinajstić information content (AvgIpc) is 2.37. The second-order valence-electron chi connectivity index (χ2n) is 6.00. The third-order valence-corrected chi connectivity index (χ3v) is 3.14. The van der Waals surface area contributed by atoms with E-state index in [0.29, 0.717) is 0 Å². The number of aliphatic hydroxyl groups is 1. The standard InChI is InChI=1S/C16H27N3O2/c1-6-17-12(2)13-7-9-14(10-8-13)18-15(20)19(5)11-16(3,4)21/h7-10,12,17,21H,6,11H2,1-5H3,(H,18,20). The molecule has 1 aromatic rings. The molecule has 0 saturated carbocycles. The molecule has 5 heteroatoms. The number of urea groups is 1. The number of likely N-dealkylation sites (N-methyl/N-ethyl adjacent to an activating group) is 1. The first-order valence-corrected chi connectivity index (χ1v) is 7.31. The number of carbonyl (C=O) groups is 1. The van der Waals surface area contributed by atoms with Gasteiger partial charge in [-0.1, -0.05) is 19.1 Å². The molecule has 0 aliphatic carbocycles. The number of anilines is 1. The predicted molar refractivity (Wildman–Crippen MR) is 86.5 cm³/mol. The smallest absolute Gasteiger partial charge is 0.321 e. The van der Waals surface area contributed by atoms with Gasteiger partial charge in [0.15, 0.2) is 0 Å². The van der Waals surface area contributed by atoms with E-state index in [1.807, 2.05) is 24.3 Å². The van der Waals surface area contributed by atoms with Crippen molar-refractivity contribution in [2.24, 2.45) is 0 Å². The third kappa shape index (κ3) is 6.14. The van der Waals surface area contributed by atoms with Crippen molar-refractivity contribution in [3.63, 3.8) is 0 Å². The molecule has 1 rings (SSSR count). The molecule has 0 aliphatic heterocycles. The van der Waals surface area contributed by atoms with Crippen LogP contribution in [0.25, 0.3) is 0 Å². The van der Waals surface area contributed by atoms with E-state index in [0.717, 1.165) is 12.2 Å². The van der Waals surface area contributed by atoms with E-state index in [1.165, 1.54) is 10.5 Å². The Balaban J connectivity index is 2.61. The second-order valence-corrected chi connectivity index (χ2v) is 6.00. The lowest BCUT2D eigenvalue weighted by molar-refractivity contribution is 0.0550. The first kappa shape index (κ1) is 17.5. The van der Waals surface area contributed by atoms with Gasteiger partial charge in [-0.05, 0) is 45.0 Å². The molecule has 1 atom stereocenters. The number of nitrogens with zero attached hydrogens (tertiary/aromatic N) is 1. The van der Waals surface area contributed by atoms with Gasteiger partial charge in [-0.3, -0.25) is 0 Å². The maximum Gasteiger partial charge on any atom is 0.321 e. The van der Waals surface area contributed by atoms with Gasteiger partial charge in [0.1, 0.15) is 0 Å². The quantitative estimate of drug-likeness (QED) is 0.755. The lowest BCUT2D eigenvalue weighted by Gasteiger charge is -2.25. The minimum Gasteiger partial charge on any atom is -0.389 e. The van der Waals surface area contributed by atoms with Crippen molar-refractivity contribution >= 4 is 11.7 Å². The van der Waals surface area contributed by atoms with Crippen molar-refractivity contribution in [1.29, 1.82) is 0 Å². The number of hydrogen-bond donors (Lipinski definition) is 3. The minimum atomic E-state index is -0.906. The Morgan fingerprint density at radius 1 is 1.33 bits per heavy atom. The molecule has 2 amide bonds. The largest absolute Gasteiger partial charge is 0.389 e. The highest BCUT2D eigenvalue weighted by atomic mass is 16.3. The number of carbonyl (C=O) groups excluding carboxylic acids is 1. The molecule has 118 valence electrons. The summed E-state index contributed by atoms with van der Waals surface area (Å²) in [4.78, 5) is 13.5.